The number of Topliss-reactive ketones (excluding diaryl/α,β-unsaturated/α-hetero) is 2. The third kappa shape index (κ3) is 23.3. The first-order valence-corrected chi connectivity index (χ1v) is 19.3. The van der Waals surface area contributed by atoms with Crippen molar-refractivity contribution in [3.8, 4) is 0 Å². The monoisotopic (exact) mass is 647 g/mol. The predicted molar refractivity (Wildman–Crippen MR) is 189 cm³/mol. The molecule has 7 heteroatoms. The normalized spacial score (nSPS) is 14.6. The summed E-state index contributed by atoms with van der Waals surface area (Å²) in [6.45, 7) is 4.43. The largest absolute Gasteiger partial charge is 0.593 e. The van der Waals surface area contributed by atoms with Crippen molar-refractivity contribution in [3.63, 3.8) is 0 Å². The molecular weight excluding hydrogens is 581 g/mol. The zero-order valence-corrected chi connectivity index (χ0v) is 29.7. The van der Waals surface area contributed by atoms with Crippen LogP contribution < -0.4 is 10.6 Å². The molecule has 0 saturated heterocycles. The minimum atomic E-state index is -3.60. The molecular formula is C38H66NO5P. The Morgan fingerprint density at radius 1 is 0.622 bits per heavy atom. The zero-order chi connectivity index (χ0) is 33.4. The van der Waals surface area contributed by atoms with Gasteiger partial charge in [-0.2, -0.15) is 0 Å². The first-order chi connectivity index (χ1) is 21.8. The Labute approximate surface area is 277 Å². The average Bonchev–Trinajstić information content (AvgIpc) is 3.03. The number of rotatable bonds is 32. The first kappa shape index (κ1) is 43.3. The van der Waals surface area contributed by atoms with E-state index in [-0.39, 0.29) is 12.8 Å². The Morgan fingerprint density at radius 3 is 1.38 bits per heavy atom. The van der Waals surface area contributed by atoms with E-state index in [4.69, 9.17) is 5.73 Å². The van der Waals surface area contributed by atoms with Gasteiger partial charge in [0.15, 0.2) is 5.78 Å². The summed E-state index contributed by atoms with van der Waals surface area (Å²) in [7, 11) is -3.60. The van der Waals surface area contributed by atoms with Crippen LogP contribution in [0.3, 0.4) is 0 Å². The van der Waals surface area contributed by atoms with Crippen LogP contribution in [0.15, 0.2) is 48.6 Å². The molecule has 258 valence electrons. The molecule has 0 heterocycles. The highest BCUT2D eigenvalue weighted by atomic mass is 31.1. The van der Waals surface area contributed by atoms with Gasteiger partial charge in [0.1, 0.15) is 6.04 Å². The van der Waals surface area contributed by atoms with E-state index in [1.54, 1.807) is 0 Å². The van der Waals surface area contributed by atoms with Crippen LogP contribution in [-0.2, 0) is 14.2 Å². The number of hydrogen-bond donors (Lipinski definition) is 2. The van der Waals surface area contributed by atoms with Gasteiger partial charge in [0.05, 0.1) is 0 Å². The van der Waals surface area contributed by atoms with Crippen molar-refractivity contribution in [2.24, 2.45) is 5.73 Å². The molecule has 0 radical (unpaired) electrons. The number of allylic oxidation sites excluding steroid dienone is 8. The van der Waals surface area contributed by atoms with Gasteiger partial charge in [-0.1, -0.05) is 131 Å². The van der Waals surface area contributed by atoms with Crippen molar-refractivity contribution in [2.75, 3.05) is 0 Å². The minimum absolute atomic E-state index is 0.0636. The lowest BCUT2D eigenvalue weighted by Crippen LogP contribution is -2.56. The van der Waals surface area contributed by atoms with Crippen LogP contribution in [0.5, 0.6) is 0 Å². The van der Waals surface area contributed by atoms with Gasteiger partial charge < -0.3 is 15.7 Å². The second kappa shape index (κ2) is 30.9. The number of hydrogen-bond acceptors (Lipinski definition) is 6. The number of unbranched alkanes of at least 4 members (excludes halogenated alkanes) is 16. The van der Waals surface area contributed by atoms with Crippen LogP contribution >= 0.6 is 8.03 Å². The fraction of sp³-hybridized carbons (Fsp3) is 0.737. The summed E-state index contributed by atoms with van der Waals surface area (Å²) in [4.78, 5) is 37.2. The summed E-state index contributed by atoms with van der Waals surface area (Å²) in [5.41, 5.74) is 5.89. The first-order valence-electron chi connectivity index (χ1n) is 18.1. The van der Waals surface area contributed by atoms with E-state index in [9.17, 15) is 24.2 Å². The summed E-state index contributed by atoms with van der Waals surface area (Å²) in [5, 5.41) is 7.90. The fourth-order valence-corrected chi connectivity index (χ4v) is 5.85. The number of carbonyl (C=O) groups is 2. The lowest BCUT2D eigenvalue weighted by molar-refractivity contribution is -0.183. The van der Waals surface area contributed by atoms with E-state index >= 15 is 0 Å². The van der Waals surface area contributed by atoms with Gasteiger partial charge in [-0.25, -0.2) is 0 Å². The number of nitrogens with two attached hydrogens (primary N) is 1. The molecule has 0 rings (SSSR count). The van der Waals surface area contributed by atoms with Gasteiger partial charge in [-0.3, -0.25) is 9.59 Å². The second-order valence-electron chi connectivity index (χ2n) is 12.3. The van der Waals surface area contributed by atoms with Crippen LogP contribution in [0.25, 0.3) is 0 Å². The molecule has 0 fully saturated rings. The van der Waals surface area contributed by atoms with Crippen molar-refractivity contribution in [2.45, 2.75) is 179 Å². The highest BCUT2D eigenvalue weighted by Gasteiger charge is 2.56. The maximum Gasteiger partial charge on any atom is 0.355 e. The molecule has 45 heavy (non-hydrogen) atoms. The molecule has 0 aliphatic heterocycles. The van der Waals surface area contributed by atoms with E-state index in [0.29, 0.717) is 12.8 Å². The fourth-order valence-electron chi connectivity index (χ4n) is 5.16. The Morgan fingerprint density at radius 2 is 0.978 bits per heavy atom. The third-order valence-electron chi connectivity index (χ3n) is 8.20. The summed E-state index contributed by atoms with van der Waals surface area (Å²) < 4.78 is 11.9. The summed E-state index contributed by atoms with van der Waals surface area (Å²) in [6, 6.07) is -1.74. The summed E-state index contributed by atoms with van der Waals surface area (Å²) in [6.07, 6.45) is 40.4. The average molecular weight is 648 g/mol. The van der Waals surface area contributed by atoms with Crippen molar-refractivity contribution < 1.29 is 24.2 Å². The van der Waals surface area contributed by atoms with Crippen molar-refractivity contribution in [1.82, 2.24) is 0 Å². The molecule has 0 aliphatic rings. The van der Waals surface area contributed by atoms with E-state index in [1.165, 1.54) is 38.5 Å². The minimum Gasteiger partial charge on any atom is -0.593 e. The van der Waals surface area contributed by atoms with Gasteiger partial charge in [0.2, 0.25) is 5.78 Å². The topological polar surface area (TPSA) is 121 Å². The van der Waals surface area contributed by atoms with Gasteiger partial charge >= 0.3 is 13.4 Å². The van der Waals surface area contributed by atoms with Crippen molar-refractivity contribution >= 4 is 19.6 Å². The molecule has 0 bridgehead atoms. The van der Waals surface area contributed by atoms with E-state index < -0.39 is 31.0 Å². The summed E-state index contributed by atoms with van der Waals surface area (Å²) >= 11 is 0. The van der Waals surface area contributed by atoms with Crippen LogP contribution in [0, 0.1) is 0 Å². The Balaban J connectivity index is 4.10. The predicted octanol–water partition coefficient (Wildman–Crippen LogP) is 9.87. The van der Waals surface area contributed by atoms with Crippen LogP contribution in [-0.4, -0.2) is 28.1 Å². The van der Waals surface area contributed by atoms with E-state index in [0.717, 1.165) is 89.9 Å². The van der Waals surface area contributed by atoms with Gasteiger partial charge in [-0.05, 0) is 77.0 Å². The lowest BCUT2D eigenvalue weighted by atomic mass is 9.95. The van der Waals surface area contributed by atoms with Crippen LogP contribution in [0.1, 0.15) is 168 Å². The molecule has 0 aromatic rings. The molecule has 0 spiro atoms. The standard InChI is InChI=1S/C38H66NO5P/c1-3-5-7-9-11-13-15-17-19-21-23-25-27-29-31-33-35(40)37(39)38(42,45(43)44)36(41)34-32-30-28-26-24-22-20-18-16-14-12-10-8-6-4-2/h11-14,17-20,37,42H,3-10,15-16,21-34,39H2,1-2H3/b13-11-,14-12-,19-17-,20-18-. The maximum atomic E-state index is 12.7. The molecule has 0 aliphatic carbocycles. The Hall–Kier alpha value is -1.72. The molecule has 0 aromatic heterocycles. The molecule has 0 aromatic carbocycles. The molecule has 3 N–H and O–H groups in total. The Kier molecular flexibility index (Phi) is 29.7. The van der Waals surface area contributed by atoms with Crippen molar-refractivity contribution in [3.05, 3.63) is 48.6 Å². The van der Waals surface area contributed by atoms with Crippen LogP contribution in [0.4, 0.5) is 0 Å². The second-order valence-corrected chi connectivity index (χ2v) is 13.5. The molecule has 0 amide bonds. The highest BCUT2D eigenvalue weighted by molar-refractivity contribution is 7.39. The lowest BCUT2D eigenvalue weighted by Gasteiger charge is -2.23. The van der Waals surface area contributed by atoms with E-state index in [2.05, 4.69) is 62.5 Å². The third-order valence-corrected chi connectivity index (χ3v) is 9.28. The Bertz CT molecular complexity index is 881. The van der Waals surface area contributed by atoms with Gasteiger partial charge in [0.25, 0.3) is 0 Å². The van der Waals surface area contributed by atoms with Gasteiger partial charge in [-0.15, -0.1) is 0 Å². The maximum absolute atomic E-state index is 12.7. The zero-order valence-electron chi connectivity index (χ0n) is 28.8. The molecule has 6 nitrogen and oxygen atoms in total. The number of carbonyl (C=O) groups excluding carboxylic acids is 2. The number of aliphatic hydroxyl groups is 1. The molecule has 3 atom stereocenters. The number of ketones is 2. The highest BCUT2D eigenvalue weighted by Crippen LogP contribution is 2.35. The quantitative estimate of drug-likeness (QED) is 0.0426. The SMILES string of the molecule is CCCCC/C=C\C/C=C\CCCCCCCC(=O)C(N)C(O)(C(=O)CCCCCCC/C=C\C/C=C\CCCCC)[P+](=O)[O-]. The van der Waals surface area contributed by atoms with Crippen molar-refractivity contribution in [1.29, 1.82) is 0 Å². The molecule has 0 saturated carbocycles. The molecule has 3 unspecified atom stereocenters. The van der Waals surface area contributed by atoms with Gasteiger partial charge in [0, 0.05) is 12.8 Å². The summed E-state index contributed by atoms with van der Waals surface area (Å²) in [5.74, 6) is -1.44. The van der Waals surface area contributed by atoms with Crippen LogP contribution in [0.2, 0.25) is 0 Å². The smallest absolute Gasteiger partial charge is 0.355 e. The van der Waals surface area contributed by atoms with E-state index in [1.807, 2.05) is 0 Å².